The van der Waals surface area contributed by atoms with Crippen molar-refractivity contribution in [3.05, 3.63) is 60.3 Å². The summed E-state index contributed by atoms with van der Waals surface area (Å²) in [6.45, 7) is 0. The van der Waals surface area contributed by atoms with E-state index in [0.717, 1.165) is 17.6 Å². The number of aromatic nitrogens is 2. The van der Waals surface area contributed by atoms with Crippen LogP contribution < -0.4 is 19.5 Å². The largest absolute Gasteiger partial charge is 0.493 e. The lowest BCUT2D eigenvalue weighted by Gasteiger charge is -2.15. The molecule has 0 fully saturated rings. The van der Waals surface area contributed by atoms with Crippen molar-refractivity contribution in [2.75, 3.05) is 26.6 Å². The molecule has 6 nitrogen and oxygen atoms in total. The Morgan fingerprint density at radius 2 is 1.62 bits per heavy atom. The zero-order valence-electron chi connectivity index (χ0n) is 17.5. The molecule has 2 aromatic heterocycles. The van der Waals surface area contributed by atoms with Crippen LogP contribution in [0.3, 0.4) is 0 Å². The molecule has 0 amide bonds. The lowest BCUT2D eigenvalue weighted by atomic mass is 10.1. The fraction of sp³-hybridized carbons (Fsp3) is 0.174. The van der Waals surface area contributed by atoms with Crippen LogP contribution in [0.15, 0.2) is 54.7 Å². The molecule has 0 saturated heterocycles. The van der Waals surface area contributed by atoms with Gasteiger partial charge in [0.25, 0.3) is 0 Å². The summed E-state index contributed by atoms with van der Waals surface area (Å²) in [7, 11) is 4.56. The molecule has 2 heterocycles. The van der Waals surface area contributed by atoms with Gasteiger partial charge in [-0.1, -0.05) is 12.1 Å². The molecule has 0 radical (unpaired) electrons. The Kier molecular flexibility index (Phi) is 5.56. The molecule has 0 saturated carbocycles. The SMILES string of the molecule is COc1cc(Nc2nccc3[nH]c(-c4cccc(C(F)(F)F)c4)cc23)cc(OC)c1OC. The number of benzene rings is 2. The number of alkyl halides is 3. The minimum Gasteiger partial charge on any atom is -0.493 e. The molecule has 4 rings (SSSR count). The van der Waals surface area contributed by atoms with Gasteiger partial charge in [-0.25, -0.2) is 4.98 Å². The van der Waals surface area contributed by atoms with Gasteiger partial charge in [0.2, 0.25) is 5.75 Å². The van der Waals surface area contributed by atoms with Crippen molar-refractivity contribution in [3.63, 3.8) is 0 Å². The highest BCUT2D eigenvalue weighted by Gasteiger charge is 2.30. The van der Waals surface area contributed by atoms with Gasteiger partial charge in [-0.2, -0.15) is 13.2 Å². The van der Waals surface area contributed by atoms with Gasteiger partial charge in [-0.3, -0.25) is 0 Å². The maximum atomic E-state index is 13.1. The molecule has 4 aromatic rings. The van der Waals surface area contributed by atoms with E-state index in [1.54, 1.807) is 36.5 Å². The fourth-order valence-electron chi connectivity index (χ4n) is 3.46. The number of halogens is 3. The van der Waals surface area contributed by atoms with E-state index in [2.05, 4.69) is 15.3 Å². The third-order valence-corrected chi connectivity index (χ3v) is 4.98. The summed E-state index contributed by atoms with van der Waals surface area (Å²) in [6.07, 6.45) is -2.81. The quantitative estimate of drug-likeness (QED) is 0.382. The Morgan fingerprint density at radius 3 is 2.25 bits per heavy atom. The van der Waals surface area contributed by atoms with E-state index in [4.69, 9.17) is 14.2 Å². The molecular weight excluding hydrogens is 423 g/mol. The lowest BCUT2D eigenvalue weighted by molar-refractivity contribution is -0.137. The Morgan fingerprint density at radius 1 is 0.906 bits per heavy atom. The van der Waals surface area contributed by atoms with Gasteiger partial charge >= 0.3 is 6.18 Å². The summed E-state index contributed by atoms with van der Waals surface area (Å²) >= 11 is 0. The zero-order valence-corrected chi connectivity index (χ0v) is 17.5. The van der Waals surface area contributed by atoms with Crippen LogP contribution in [0.1, 0.15) is 5.56 Å². The predicted molar refractivity (Wildman–Crippen MR) is 116 cm³/mol. The Bertz CT molecular complexity index is 1240. The topological polar surface area (TPSA) is 68.4 Å². The van der Waals surface area contributed by atoms with Crippen LogP contribution in [0.25, 0.3) is 22.2 Å². The molecule has 32 heavy (non-hydrogen) atoms. The number of methoxy groups -OCH3 is 3. The van der Waals surface area contributed by atoms with Gasteiger partial charge in [-0.15, -0.1) is 0 Å². The first-order valence-electron chi connectivity index (χ1n) is 9.56. The molecule has 0 atom stereocenters. The van der Waals surface area contributed by atoms with E-state index in [1.165, 1.54) is 27.4 Å². The molecule has 2 aromatic carbocycles. The van der Waals surface area contributed by atoms with Crippen LogP contribution in [0.4, 0.5) is 24.7 Å². The molecule has 0 aliphatic rings. The van der Waals surface area contributed by atoms with Crippen molar-refractivity contribution in [1.29, 1.82) is 0 Å². The molecule has 9 heteroatoms. The highest BCUT2D eigenvalue weighted by molar-refractivity contribution is 5.95. The smallest absolute Gasteiger partial charge is 0.416 e. The monoisotopic (exact) mass is 443 g/mol. The first kappa shape index (κ1) is 21.4. The third-order valence-electron chi connectivity index (χ3n) is 4.98. The summed E-state index contributed by atoms with van der Waals surface area (Å²) in [6, 6.07) is 12.2. The van der Waals surface area contributed by atoms with E-state index >= 15 is 0 Å². The molecule has 0 aliphatic heterocycles. The van der Waals surface area contributed by atoms with Gasteiger partial charge < -0.3 is 24.5 Å². The van der Waals surface area contributed by atoms with Crippen molar-refractivity contribution in [2.45, 2.75) is 6.18 Å². The van der Waals surface area contributed by atoms with Crippen LogP contribution in [-0.2, 0) is 6.18 Å². The van der Waals surface area contributed by atoms with Crippen LogP contribution in [0.5, 0.6) is 17.2 Å². The minimum absolute atomic E-state index is 0.426. The summed E-state index contributed by atoms with van der Waals surface area (Å²) in [5, 5.41) is 3.94. The van der Waals surface area contributed by atoms with Crippen molar-refractivity contribution in [1.82, 2.24) is 9.97 Å². The number of nitrogens with one attached hydrogen (secondary N) is 2. The zero-order chi connectivity index (χ0) is 22.9. The molecule has 2 N–H and O–H groups in total. The van der Waals surface area contributed by atoms with E-state index < -0.39 is 11.7 Å². The number of ether oxygens (including phenoxy) is 3. The van der Waals surface area contributed by atoms with Crippen molar-refractivity contribution in [2.24, 2.45) is 0 Å². The average Bonchev–Trinajstić information content (AvgIpc) is 3.23. The van der Waals surface area contributed by atoms with Crippen LogP contribution >= 0.6 is 0 Å². The Labute approximate surface area is 182 Å². The minimum atomic E-state index is -4.41. The molecule has 0 aliphatic carbocycles. The van der Waals surface area contributed by atoms with Crippen molar-refractivity contribution in [3.8, 4) is 28.5 Å². The Hall–Kier alpha value is -3.88. The van der Waals surface area contributed by atoms with E-state index in [0.29, 0.717) is 45.4 Å². The summed E-state index contributed by atoms with van der Waals surface area (Å²) in [5.41, 5.74) is 1.63. The van der Waals surface area contributed by atoms with Gasteiger partial charge in [0, 0.05) is 35.1 Å². The summed E-state index contributed by atoms with van der Waals surface area (Å²) in [5.74, 6) is 1.92. The predicted octanol–water partition coefficient (Wildman–Crippen LogP) is 6.02. The molecule has 166 valence electrons. The van der Waals surface area contributed by atoms with Crippen molar-refractivity contribution < 1.29 is 27.4 Å². The molecule has 0 spiro atoms. The van der Waals surface area contributed by atoms with Gasteiger partial charge in [0.1, 0.15) is 5.82 Å². The first-order chi connectivity index (χ1) is 15.3. The molecule has 0 bridgehead atoms. The maximum Gasteiger partial charge on any atom is 0.416 e. The van der Waals surface area contributed by atoms with E-state index in [-0.39, 0.29) is 0 Å². The average molecular weight is 443 g/mol. The number of nitrogens with zero attached hydrogens (tertiary/aromatic N) is 1. The van der Waals surface area contributed by atoms with Gasteiger partial charge in [0.05, 0.1) is 32.4 Å². The van der Waals surface area contributed by atoms with Gasteiger partial charge in [0.15, 0.2) is 11.5 Å². The normalized spacial score (nSPS) is 11.4. The summed E-state index contributed by atoms with van der Waals surface area (Å²) < 4.78 is 55.4. The number of hydrogen-bond acceptors (Lipinski definition) is 5. The second kappa shape index (κ2) is 8.33. The highest BCUT2D eigenvalue weighted by atomic mass is 19.4. The number of anilines is 2. The number of fused-ring (bicyclic) bond motifs is 1. The van der Waals surface area contributed by atoms with Crippen LogP contribution in [-0.4, -0.2) is 31.3 Å². The number of aromatic amines is 1. The number of H-pyrrole nitrogens is 1. The van der Waals surface area contributed by atoms with E-state index in [1.807, 2.05) is 0 Å². The van der Waals surface area contributed by atoms with Crippen LogP contribution in [0, 0.1) is 0 Å². The first-order valence-corrected chi connectivity index (χ1v) is 9.56. The highest BCUT2D eigenvalue weighted by Crippen LogP contribution is 2.41. The van der Waals surface area contributed by atoms with E-state index in [9.17, 15) is 13.2 Å². The third kappa shape index (κ3) is 4.01. The maximum absolute atomic E-state index is 13.1. The standard InChI is InChI=1S/C23H20F3N3O3/c1-30-19-10-15(11-20(31-2)21(19)32-3)28-22-16-12-18(29-17(16)7-8-27-22)13-5-4-6-14(9-13)23(24,25)26/h4-12,29H,1-3H3,(H,27,28). The Balaban J connectivity index is 1.74. The number of pyridine rings is 1. The lowest BCUT2D eigenvalue weighted by Crippen LogP contribution is -2.04. The van der Waals surface area contributed by atoms with Crippen LogP contribution in [0.2, 0.25) is 0 Å². The fourth-order valence-corrected chi connectivity index (χ4v) is 3.46. The number of hydrogen-bond donors (Lipinski definition) is 2. The second-order valence-corrected chi connectivity index (χ2v) is 6.92. The molecular formula is C23H20F3N3O3. The molecule has 0 unspecified atom stereocenters. The second-order valence-electron chi connectivity index (χ2n) is 6.92. The summed E-state index contributed by atoms with van der Waals surface area (Å²) in [4.78, 5) is 7.56. The van der Waals surface area contributed by atoms with Crippen molar-refractivity contribution >= 4 is 22.4 Å². The number of rotatable bonds is 6. The van der Waals surface area contributed by atoms with Gasteiger partial charge in [-0.05, 0) is 29.8 Å².